The van der Waals surface area contributed by atoms with Crippen LogP contribution in [-0.2, 0) is 6.54 Å². The van der Waals surface area contributed by atoms with Crippen molar-refractivity contribution in [2.24, 2.45) is 0 Å². The van der Waals surface area contributed by atoms with Crippen molar-refractivity contribution in [3.8, 4) is 0 Å². The fourth-order valence-corrected chi connectivity index (χ4v) is 1.97. The van der Waals surface area contributed by atoms with Gasteiger partial charge in [0.25, 0.3) is 0 Å². The number of nitrogens with two attached hydrogens (primary N) is 1. The maximum atomic E-state index is 5.92. The summed E-state index contributed by atoms with van der Waals surface area (Å²) < 4.78 is 2.01. The van der Waals surface area contributed by atoms with E-state index in [0.29, 0.717) is 11.7 Å². The lowest BCUT2D eigenvalue weighted by molar-refractivity contribution is 0.473. The molecule has 0 saturated carbocycles. The molecule has 2 rings (SSSR count). The highest BCUT2D eigenvalue weighted by atomic mass is 15.3. The molecule has 0 aliphatic heterocycles. The van der Waals surface area contributed by atoms with Crippen LogP contribution in [0.5, 0.6) is 0 Å². The molecular formula is C14H21N5. The van der Waals surface area contributed by atoms with E-state index in [1.54, 1.807) is 12.4 Å². The second-order valence-electron chi connectivity index (χ2n) is 4.83. The Morgan fingerprint density at radius 2 is 2.21 bits per heavy atom. The lowest BCUT2D eigenvalue weighted by Crippen LogP contribution is -2.18. The van der Waals surface area contributed by atoms with Gasteiger partial charge < -0.3 is 10.6 Å². The molecule has 2 aromatic rings. The fourth-order valence-electron chi connectivity index (χ4n) is 1.97. The van der Waals surface area contributed by atoms with Gasteiger partial charge in [-0.25, -0.2) is 0 Å². The van der Waals surface area contributed by atoms with Crippen LogP contribution in [0.15, 0.2) is 30.7 Å². The van der Waals surface area contributed by atoms with E-state index in [2.05, 4.69) is 34.9 Å². The van der Waals surface area contributed by atoms with Gasteiger partial charge in [-0.3, -0.25) is 9.67 Å². The third kappa shape index (κ3) is 3.05. The molecule has 19 heavy (non-hydrogen) atoms. The van der Waals surface area contributed by atoms with Crippen molar-refractivity contribution < 1.29 is 0 Å². The van der Waals surface area contributed by atoms with Crippen LogP contribution < -0.4 is 10.6 Å². The Bertz CT molecular complexity index is 534. The first-order valence-corrected chi connectivity index (χ1v) is 6.56. The summed E-state index contributed by atoms with van der Waals surface area (Å²) in [5, 5.41) is 4.59. The van der Waals surface area contributed by atoms with Crippen LogP contribution in [0.2, 0.25) is 0 Å². The van der Waals surface area contributed by atoms with Gasteiger partial charge in [0, 0.05) is 25.5 Å². The molecule has 5 nitrogen and oxygen atoms in total. The SMILES string of the molecule is CCC(C)n1ccc(CN(C)c2ccncc2N)n1. The van der Waals surface area contributed by atoms with Crippen LogP contribution in [0.3, 0.4) is 0 Å². The van der Waals surface area contributed by atoms with Crippen molar-refractivity contribution in [3.05, 3.63) is 36.4 Å². The highest BCUT2D eigenvalue weighted by Gasteiger charge is 2.09. The number of nitrogen functional groups attached to an aromatic ring is 1. The molecule has 0 bridgehead atoms. The van der Waals surface area contributed by atoms with Crippen LogP contribution in [-0.4, -0.2) is 21.8 Å². The minimum atomic E-state index is 0.435. The average molecular weight is 259 g/mol. The summed E-state index contributed by atoms with van der Waals surface area (Å²) in [6.45, 7) is 5.06. The largest absolute Gasteiger partial charge is 0.396 e. The van der Waals surface area contributed by atoms with Gasteiger partial charge in [-0.05, 0) is 25.5 Å². The summed E-state index contributed by atoms with van der Waals surface area (Å²) in [6, 6.07) is 4.41. The zero-order chi connectivity index (χ0) is 13.8. The van der Waals surface area contributed by atoms with Gasteiger partial charge in [0.05, 0.1) is 29.8 Å². The monoisotopic (exact) mass is 259 g/mol. The number of rotatable bonds is 5. The van der Waals surface area contributed by atoms with Gasteiger partial charge in [-0.2, -0.15) is 5.10 Å². The zero-order valence-electron chi connectivity index (χ0n) is 11.7. The maximum absolute atomic E-state index is 5.92. The average Bonchev–Trinajstić information content (AvgIpc) is 2.86. The van der Waals surface area contributed by atoms with Gasteiger partial charge >= 0.3 is 0 Å². The molecule has 102 valence electrons. The zero-order valence-corrected chi connectivity index (χ0v) is 11.7. The number of hydrogen-bond acceptors (Lipinski definition) is 4. The molecule has 2 aromatic heterocycles. The van der Waals surface area contributed by atoms with Crippen molar-refractivity contribution in [1.29, 1.82) is 0 Å². The summed E-state index contributed by atoms with van der Waals surface area (Å²) in [7, 11) is 2.01. The quantitative estimate of drug-likeness (QED) is 0.896. The molecule has 1 unspecified atom stereocenters. The Balaban J connectivity index is 2.09. The summed E-state index contributed by atoms with van der Waals surface area (Å²) in [4.78, 5) is 6.08. The van der Waals surface area contributed by atoms with E-state index < -0.39 is 0 Å². The molecule has 0 aliphatic carbocycles. The van der Waals surface area contributed by atoms with E-state index in [-0.39, 0.29) is 0 Å². The molecule has 2 heterocycles. The number of aromatic nitrogens is 3. The van der Waals surface area contributed by atoms with E-state index in [1.165, 1.54) is 0 Å². The highest BCUT2D eigenvalue weighted by Crippen LogP contribution is 2.21. The summed E-state index contributed by atoms with van der Waals surface area (Å²) in [6.07, 6.45) is 6.53. The number of hydrogen-bond donors (Lipinski definition) is 1. The van der Waals surface area contributed by atoms with E-state index in [4.69, 9.17) is 5.73 Å². The van der Waals surface area contributed by atoms with Crippen LogP contribution in [0.4, 0.5) is 11.4 Å². The second kappa shape index (κ2) is 5.73. The first-order chi connectivity index (χ1) is 9.11. The molecule has 0 spiro atoms. The molecule has 0 aliphatic rings. The van der Waals surface area contributed by atoms with Crippen LogP contribution in [0.25, 0.3) is 0 Å². The van der Waals surface area contributed by atoms with Crippen LogP contribution >= 0.6 is 0 Å². The Labute approximate surface area is 114 Å². The Hall–Kier alpha value is -2.04. The van der Waals surface area contributed by atoms with Gasteiger partial charge in [0.15, 0.2) is 0 Å². The number of pyridine rings is 1. The second-order valence-corrected chi connectivity index (χ2v) is 4.83. The van der Waals surface area contributed by atoms with Gasteiger partial charge in [0.1, 0.15) is 0 Å². The van der Waals surface area contributed by atoms with Gasteiger partial charge in [-0.15, -0.1) is 0 Å². The molecule has 0 radical (unpaired) electrons. The normalized spacial score (nSPS) is 12.4. The van der Waals surface area contributed by atoms with E-state index >= 15 is 0 Å². The molecule has 0 aromatic carbocycles. The standard InChI is InChI=1S/C14H21N5/c1-4-11(2)19-8-6-12(17-19)10-18(3)14-5-7-16-9-13(14)15/h5-9,11H,4,10,15H2,1-3H3. The van der Waals surface area contributed by atoms with Crippen molar-refractivity contribution in [1.82, 2.24) is 14.8 Å². The molecule has 0 amide bonds. The number of anilines is 2. The van der Waals surface area contributed by atoms with Crippen molar-refractivity contribution >= 4 is 11.4 Å². The first-order valence-electron chi connectivity index (χ1n) is 6.56. The van der Waals surface area contributed by atoms with Crippen LogP contribution in [0, 0.1) is 0 Å². The third-order valence-corrected chi connectivity index (χ3v) is 3.34. The Kier molecular flexibility index (Phi) is 4.04. The van der Waals surface area contributed by atoms with Crippen molar-refractivity contribution in [2.75, 3.05) is 17.7 Å². The molecule has 5 heteroatoms. The van der Waals surface area contributed by atoms with Crippen molar-refractivity contribution in [3.63, 3.8) is 0 Å². The molecule has 1 atom stereocenters. The number of nitrogens with zero attached hydrogens (tertiary/aromatic N) is 4. The van der Waals surface area contributed by atoms with E-state index in [0.717, 1.165) is 24.3 Å². The molecule has 0 fully saturated rings. The minimum Gasteiger partial charge on any atom is -0.396 e. The third-order valence-electron chi connectivity index (χ3n) is 3.34. The Morgan fingerprint density at radius 3 is 2.89 bits per heavy atom. The first kappa shape index (κ1) is 13.4. The predicted molar refractivity (Wildman–Crippen MR) is 78.0 cm³/mol. The van der Waals surface area contributed by atoms with E-state index in [9.17, 15) is 0 Å². The highest BCUT2D eigenvalue weighted by molar-refractivity contribution is 5.65. The summed E-state index contributed by atoms with van der Waals surface area (Å²) >= 11 is 0. The summed E-state index contributed by atoms with van der Waals surface area (Å²) in [5.74, 6) is 0. The fraction of sp³-hybridized carbons (Fsp3) is 0.429. The predicted octanol–water partition coefficient (Wildman–Crippen LogP) is 2.47. The minimum absolute atomic E-state index is 0.435. The summed E-state index contributed by atoms with van der Waals surface area (Å²) in [5.41, 5.74) is 8.63. The van der Waals surface area contributed by atoms with E-state index in [1.807, 2.05) is 24.0 Å². The van der Waals surface area contributed by atoms with Crippen LogP contribution in [0.1, 0.15) is 32.0 Å². The lowest BCUT2D eigenvalue weighted by atomic mass is 10.3. The van der Waals surface area contributed by atoms with Gasteiger partial charge in [0.2, 0.25) is 0 Å². The molecule has 0 saturated heterocycles. The molecular weight excluding hydrogens is 238 g/mol. The van der Waals surface area contributed by atoms with Crippen molar-refractivity contribution in [2.45, 2.75) is 32.9 Å². The smallest absolute Gasteiger partial charge is 0.0817 e. The van der Waals surface area contributed by atoms with Gasteiger partial charge in [-0.1, -0.05) is 6.92 Å². The Morgan fingerprint density at radius 1 is 1.42 bits per heavy atom. The topological polar surface area (TPSA) is 60.0 Å². The lowest BCUT2D eigenvalue weighted by Gasteiger charge is -2.19. The maximum Gasteiger partial charge on any atom is 0.0817 e. The molecule has 2 N–H and O–H groups in total.